The maximum absolute atomic E-state index is 12.5. The molecule has 0 saturated carbocycles. The topological polar surface area (TPSA) is 102 Å². The van der Waals surface area contributed by atoms with Crippen LogP contribution in [0.1, 0.15) is 25.8 Å². The van der Waals surface area contributed by atoms with Gasteiger partial charge in [0.1, 0.15) is 0 Å². The van der Waals surface area contributed by atoms with Crippen molar-refractivity contribution in [2.24, 2.45) is 11.7 Å². The Kier molecular flexibility index (Phi) is 7.92. The van der Waals surface area contributed by atoms with E-state index in [1.54, 1.807) is 30.3 Å². The summed E-state index contributed by atoms with van der Waals surface area (Å²) < 4.78 is 29.2. The van der Waals surface area contributed by atoms with Gasteiger partial charge in [0.2, 0.25) is 5.91 Å². The zero-order chi connectivity index (χ0) is 19.0. The van der Waals surface area contributed by atoms with Crippen molar-refractivity contribution < 1.29 is 28.2 Å². The number of benzene rings is 1. The lowest BCUT2D eigenvalue weighted by atomic mass is 9.90. The number of amides is 1. The van der Waals surface area contributed by atoms with Crippen LogP contribution in [0.25, 0.3) is 0 Å². The maximum Gasteiger partial charge on any atom is 0.345 e. The number of carbonyl (C=O) groups excluding carboxylic acids is 1. The normalized spacial score (nSPS) is 15.0. The van der Waals surface area contributed by atoms with E-state index in [1.165, 1.54) is 0 Å². The molecule has 6 nitrogen and oxygen atoms in total. The van der Waals surface area contributed by atoms with E-state index in [0.717, 1.165) is 0 Å². The third-order valence-electron chi connectivity index (χ3n) is 3.64. The van der Waals surface area contributed by atoms with Crippen LogP contribution in [0.3, 0.4) is 0 Å². The first kappa shape index (κ1) is 21.0. The lowest BCUT2D eigenvalue weighted by Crippen LogP contribution is -2.62. The molecule has 0 aliphatic rings. The van der Waals surface area contributed by atoms with Crippen LogP contribution in [0.5, 0.6) is 0 Å². The average Bonchev–Trinajstić information content (AvgIpc) is 2.52. The molecule has 1 amide bonds. The summed E-state index contributed by atoms with van der Waals surface area (Å²) in [6.07, 6.45) is 0.124. The fourth-order valence-electron chi connectivity index (χ4n) is 2.42. The number of carbonyl (C=O) groups is 2. The van der Waals surface area contributed by atoms with Crippen LogP contribution >= 0.6 is 0 Å². The molecule has 0 heterocycles. The Balaban J connectivity index is 3.06. The Bertz CT molecular complexity index is 569. The van der Waals surface area contributed by atoms with E-state index in [9.17, 15) is 23.5 Å². The van der Waals surface area contributed by atoms with Gasteiger partial charge in [0.25, 0.3) is 0 Å². The molecule has 1 rings (SSSR count). The largest absolute Gasteiger partial charge is 0.479 e. The molecule has 4 N–H and O–H groups in total. The van der Waals surface area contributed by atoms with E-state index in [2.05, 4.69) is 10.1 Å². The number of aliphatic carboxylic acids is 1. The molecule has 0 saturated heterocycles. The zero-order valence-corrected chi connectivity index (χ0v) is 14.2. The van der Waals surface area contributed by atoms with Crippen LogP contribution in [0.15, 0.2) is 30.3 Å². The molecule has 1 aromatic rings. The minimum Gasteiger partial charge on any atom is -0.479 e. The van der Waals surface area contributed by atoms with E-state index < -0.39 is 36.7 Å². The molecular weight excluding hydrogens is 334 g/mol. The highest BCUT2D eigenvalue weighted by Crippen LogP contribution is 2.18. The first-order valence-electron chi connectivity index (χ1n) is 7.91. The third kappa shape index (κ3) is 6.75. The number of carboxylic acid groups (broad SMARTS) is 1. The number of alkyl halides is 2. The van der Waals surface area contributed by atoms with Gasteiger partial charge in [0, 0.05) is 6.42 Å². The fraction of sp³-hybridized carbons (Fsp3) is 0.529. The average molecular weight is 358 g/mol. The molecule has 0 aliphatic heterocycles. The SMILES string of the molecule is CC(C)C[C@H](N)C(=O)N[C@](COC(F)F)(Cc1ccccc1)C(=O)O. The molecule has 0 radical (unpaired) electrons. The molecule has 140 valence electrons. The number of carboxylic acids is 1. The molecule has 2 atom stereocenters. The predicted octanol–water partition coefficient (Wildman–Crippen LogP) is 1.78. The molecule has 0 spiro atoms. The van der Waals surface area contributed by atoms with Crippen molar-refractivity contribution in [3.8, 4) is 0 Å². The smallest absolute Gasteiger partial charge is 0.345 e. The summed E-state index contributed by atoms with van der Waals surface area (Å²) in [5.74, 6) is -2.07. The lowest BCUT2D eigenvalue weighted by molar-refractivity contribution is -0.168. The number of halogens is 2. The summed E-state index contributed by atoms with van der Waals surface area (Å²) in [5, 5.41) is 11.9. The Morgan fingerprint density at radius 3 is 2.36 bits per heavy atom. The number of hydrogen-bond acceptors (Lipinski definition) is 4. The van der Waals surface area contributed by atoms with Gasteiger partial charge in [-0.2, -0.15) is 8.78 Å². The van der Waals surface area contributed by atoms with Gasteiger partial charge in [-0.1, -0.05) is 44.2 Å². The highest BCUT2D eigenvalue weighted by molar-refractivity contribution is 5.90. The standard InChI is InChI=1S/C17H24F2N2O4/c1-11(2)8-13(20)14(22)21-17(15(23)24,10-25-16(18)19)9-12-6-4-3-5-7-12/h3-7,11,13,16H,8-10,20H2,1-2H3,(H,21,22)(H,23,24)/t13-,17-/m0/s1. The summed E-state index contributed by atoms with van der Waals surface area (Å²) in [4.78, 5) is 24.1. The maximum atomic E-state index is 12.5. The van der Waals surface area contributed by atoms with Crippen molar-refractivity contribution in [3.63, 3.8) is 0 Å². The van der Waals surface area contributed by atoms with Crippen LogP contribution in [0.2, 0.25) is 0 Å². The van der Waals surface area contributed by atoms with Crippen molar-refractivity contribution in [1.29, 1.82) is 0 Å². The van der Waals surface area contributed by atoms with Crippen LogP contribution in [0.4, 0.5) is 8.78 Å². The number of rotatable bonds is 10. The molecule has 0 bridgehead atoms. The van der Waals surface area contributed by atoms with Crippen molar-refractivity contribution in [3.05, 3.63) is 35.9 Å². The van der Waals surface area contributed by atoms with Gasteiger partial charge in [-0.05, 0) is 17.9 Å². The molecule has 1 aromatic carbocycles. The van der Waals surface area contributed by atoms with Crippen molar-refractivity contribution in [2.45, 2.75) is 44.9 Å². The van der Waals surface area contributed by atoms with E-state index >= 15 is 0 Å². The number of nitrogens with one attached hydrogen (secondary N) is 1. The number of ether oxygens (including phenoxy) is 1. The van der Waals surface area contributed by atoms with Crippen molar-refractivity contribution >= 4 is 11.9 Å². The summed E-state index contributed by atoms with van der Waals surface area (Å²) in [5.41, 5.74) is 4.30. The second-order valence-corrected chi connectivity index (χ2v) is 6.35. The van der Waals surface area contributed by atoms with Crippen LogP contribution in [-0.2, 0) is 20.7 Å². The summed E-state index contributed by atoms with van der Waals surface area (Å²) in [6, 6.07) is 7.44. The molecule has 0 unspecified atom stereocenters. The van der Waals surface area contributed by atoms with Crippen LogP contribution in [-0.4, -0.2) is 41.8 Å². The van der Waals surface area contributed by atoms with Crippen LogP contribution in [0, 0.1) is 5.92 Å². The Labute approximate surface area is 145 Å². The third-order valence-corrected chi connectivity index (χ3v) is 3.64. The minimum atomic E-state index is -3.16. The quantitative estimate of drug-likeness (QED) is 0.592. The summed E-state index contributed by atoms with van der Waals surface area (Å²) in [6.45, 7) is -0.312. The van der Waals surface area contributed by atoms with Crippen LogP contribution < -0.4 is 11.1 Å². The van der Waals surface area contributed by atoms with Gasteiger partial charge in [-0.15, -0.1) is 0 Å². The second kappa shape index (κ2) is 9.43. The zero-order valence-electron chi connectivity index (χ0n) is 14.2. The van der Waals surface area contributed by atoms with Gasteiger partial charge < -0.3 is 20.9 Å². The molecule has 0 aliphatic carbocycles. The fourth-order valence-corrected chi connectivity index (χ4v) is 2.42. The lowest BCUT2D eigenvalue weighted by Gasteiger charge is -2.31. The highest BCUT2D eigenvalue weighted by Gasteiger charge is 2.42. The molecular formula is C17H24F2N2O4. The van der Waals surface area contributed by atoms with Gasteiger partial charge >= 0.3 is 12.6 Å². The second-order valence-electron chi connectivity index (χ2n) is 6.35. The molecule has 25 heavy (non-hydrogen) atoms. The highest BCUT2D eigenvalue weighted by atomic mass is 19.3. The first-order valence-corrected chi connectivity index (χ1v) is 7.91. The Morgan fingerprint density at radius 2 is 1.88 bits per heavy atom. The summed E-state index contributed by atoms with van der Waals surface area (Å²) >= 11 is 0. The van der Waals surface area contributed by atoms with E-state index in [1.807, 2.05) is 13.8 Å². The Hall–Kier alpha value is -2.06. The predicted molar refractivity (Wildman–Crippen MR) is 88.0 cm³/mol. The molecule has 0 aromatic heterocycles. The van der Waals surface area contributed by atoms with Gasteiger partial charge in [-0.3, -0.25) is 4.79 Å². The Morgan fingerprint density at radius 1 is 1.28 bits per heavy atom. The number of hydrogen-bond donors (Lipinski definition) is 3. The van der Waals surface area contributed by atoms with E-state index in [-0.39, 0.29) is 12.3 Å². The first-order chi connectivity index (χ1) is 11.7. The van der Waals surface area contributed by atoms with E-state index in [0.29, 0.717) is 12.0 Å². The summed E-state index contributed by atoms with van der Waals surface area (Å²) in [7, 11) is 0. The van der Waals surface area contributed by atoms with Crippen molar-refractivity contribution in [2.75, 3.05) is 6.61 Å². The van der Waals surface area contributed by atoms with Gasteiger partial charge in [0.05, 0.1) is 12.6 Å². The van der Waals surface area contributed by atoms with Gasteiger partial charge in [0.15, 0.2) is 5.54 Å². The van der Waals surface area contributed by atoms with E-state index in [4.69, 9.17) is 5.73 Å². The molecule has 0 fully saturated rings. The number of nitrogens with two attached hydrogens (primary N) is 1. The monoisotopic (exact) mass is 358 g/mol. The molecule has 8 heteroatoms. The minimum absolute atomic E-state index is 0.117. The van der Waals surface area contributed by atoms with Crippen molar-refractivity contribution in [1.82, 2.24) is 5.32 Å². The van der Waals surface area contributed by atoms with Gasteiger partial charge in [-0.25, -0.2) is 4.79 Å².